The minimum atomic E-state index is -1.48. The summed E-state index contributed by atoms with van der Waals surface area (Å²) in [5, 5.41) is 47.8. The van der Waals surface area contributed by atoms with Gasteiger partial charge in [-0.25, -0.2) is 0 Å². The van der Waals surface area contributed by atoms with Crippen LogP contribution in [0.15, 0.2) is 443 Å². The molecule has 133 heavy (non-hydrogen) atoms. The van der Waals surface area contributed by atoms with Crippen LogP contribution in [0.4, 0.5) is 34.1 Å². The van der Waals surface area contributed by atoms with Crippen molar-refractivity contribution in [2.75, 3.05) is 23.0 Å². The predicted molar refractivity (Wildman–Crippen MR) is 606 cm³/mol. The third-order valence-corrected chi connectivity index (χ3v) is 26.7. The second-order valence-electron chi connectivity index (χ2n) is 32.8. The van der Waals surface area contributed by atoms with Gasteiger partial charge in [0.1, 0.15) is 0 Å². The van der Waals surface area contributed by atoms with Crippen LogP contribution in [0.3, 0.4) is 0 Å². The summed E-state index contributed by atoms with van der Waals surface area (Å²) in [5.41, 5.74) is 18.4. The van der Waals surface area contributed by atoms with Gasteiger partial charge in [0.05, 0.1) is 27.8 Å². The third-order valence-electron chi connectivity index (χ3n) is 23.2. The molecule has 1 saturated heterocycles. The van der Waals surface area contributed by atoms with E-state index in [4.69, 9.17) is 4.74 Å². The Labute approximate surface area is 880 Å². The number of para-hydroxylation sites is 6. The molecule has 0 bridgehead atoms. The van der Waals surface area contributed by atoms with Gasteiger partial charge in [0.15, 0.2) is 0 Å². The number of halogens is 7. The first kappa shape index (κ1) is 97.7. The molecule has 0 saturated carbocycles. The zero-order valence-electron chi connectivity index (χ0n) is 73.5. The summed E-state index contributed by atoms with van der Waals surface area (Å²) < 4.78 is 15.4. The zero-order chi connectivity index (χ0) is 89.4. The van der Waals surface area contributed by atoms with Gasteiger partial charge in [0, 0.05) is 108 Å². The van der Waals surface area contributed by atoms with Crippen molar-refractivity contribution in [1.82, 2.24) is 9.13 Å². The molecule has 20 aromatic carbocycles. The summed E-state index contributed by atoms with van der Waals surface area (Å²) in [5.74, 6) is 0. The Morgan fingerprint density at radius 2 is 0.586 bits per heavy atom. The molecule has 1 aliphatic heterocycles. The van der Waals surface area contributed by atoms with Gasteiger partial charge in [-0.1, -0.05) is 332 Å². The van der Waals surface area contributed by atoms with Crippen molar-refractivity contribution in [1.29, 1.82) is 0 Å². The van der Waals surface area contributed by atoms with E-state index in [0.29, 0.717) is 5.46 Å². The summed E-state index contributed by atoms with van der Waals surface area (Å²) in [6.07, 6.45) is 2.56. The van der Waals surface area contributed by atoms with E-state index in [-0.39, 0.29) is 78.9 Å². The van der Waals surface area contributed by atoms with Gasteiger partial charge in [-0.2, -0.15) is 0 Å². The molecule has 0 unspecified atom stereocenters. The molecular formula is C116H93BBr4I3N4NaO4. The van der Waals surface area contributed by atoms with Crippen molar-refractivity contribution in [3.63, 3.8) is 0 Å². The fraction of sp³-hybridized carbons (Fsp3) is 0.0690. The topological polar surface area (TPSA) is 89.1 Å². The van der Waals surface area contributed by atoms with Gasteiger partial charge in [-0.3, -0.25) is 0 Å². The predicted octanol–water partition coefficient (Wildman–Crippen LogP) is 30.9. The molecule has 0 amide bonds. The fourth-order valence-corrected chi connectivity index (χ4v) is 20.0. The van der Waals surface area contributed by atoms with Crippen LogP contribution < -0.4 is 49.9 Å². The number of anilines is 6. The van der Waals surface area contributed by atoms with Gasteiger partial charge < -0.3 is 38.8 Å². The van der Waals surface area contributed by atoms with Crippen LogP contribution in [0.1, 0.15) is 35.0 Å². The Bertz CT molecular complexity index is 7620. The van der Waals surface area contributed by atoms with Crippen molar-refractivity contribution in [3.05, 3.63) is 446 Å². The molecule has 1 aliphatic rings. The Morgan fingerprint density at radius 1 is 0.316 bits per heavy atom. The van der Waals surface area contributed by atoms with E-state index in [1.54, 1.807) is 20.8 Å². The monoisotopic (exact) mass is 2340 g/mol. The van der Waals surface area contributed by atoms with Crippen molar-refractivity contribution in [3.8, 4) is 33.6 Å². The van der Waals surface area contributed by atoms with Crippen LogP contribution in [0, 0.1) is 3.57 Å². The third kappa shape index (κ3) is 21.4. The van der Waals surface area contributed by atoms with E-state index in [1.807, 2.05) is 60.7 Å². The van der Waals surface area contributed by atoms with E-state index in [2.05, 4.69) is 469 Å². The van der Waals surface area contributed by atoms with Gasteiger partial charge in [0.25, 0.3) is 0 Å². The van der Waals surface area contributed by atoms with E-state index < -0.39 is 12.7 Å². The van der Waals surface area contributed by atoms with Gasteiger partial charge >= 0.3 is 36.7 Å². The Balaban J connectivity index is 0.000000186. The second kappa shape index (κ2) is 44.8. The number of ether oxygens (including phenoxy) is 1. The van der Waals surface area contributed by atoms with Crippen molar-refractivity contribution < 1.29 is 50.9 Å². The van der Waals surface area contributed by atoms with E-state index >= 15 is 0 Å². The van der Waals surface area contributed by atoms with Crippen molar-refractivity contribution in [2.45, 2.75) is 39.2 Å². The minimum absolute atomic E-state index is 0. The van der Waals surface area contributed by atoms with Crippen LogP contribution in [0.2, 0.25) is 0 Å². The number of hydrogen-bond acceptors (Lipinski definition) is 6. The van der Waals surface area contributed by atoms with Crippen LogP contribution in [-0.4, -0.2) is 45.1 Å². The van der Waals surface area contributed by atoms with Crippen LogP contribution in [0.25, 0.3) is 142 Å². The molecule has 0 aliphatic carbocycles. The number of rotatable bonds is 11. The smallest absolute Gasteiger partial charge is 0.850 e. The van der Waals surface area contributed by atoms with Crippen LogP contribution in [-0.2, 0) is 4.74 Å². The molecule has 22 aromatic rings. The Kier molecular flexibility index (Phi) is 32.9. The summed E-state index contributed by atoms with van der Waals surface area (Å²) in [4.78, 5) is 4.85. The van der Waals surface area contributed by atoms with Gasteiger partial charge in [-0.05, 0) is 294 Å². The molecule has 1 fully saturated rings. The van der Waals surface area contributed by atoms with Crippen LogP contribution >= 0.6 is 134 Å². The van der Waals surface area contributed by atoms with Crippen LogP contribution in [0.5, 0.6) is 0 Å². The quantitative estimate of drug-likeness (QED) is 0.0762. The molecule has 17 heteroatoms. The maximum Gasteiger partial charge on any atom is 1.00 e. The van der Waals surface area contributed by atoms with Gasteiger partial charge in [-0.15, -0.1) is 53.6 Å². The molecule has 8 nitrogen and oxygen atoms in total. The first-order valence-corrected chi connectivity index (χ1v) is 47.7. The number of aromatic nitrogens is 2. The number of fused-ring (bicyclic) bond motifs is 12. The number of benzene rings is 20. The van der Waals surface area contributed by atoms with E-state index in [9.17, 15) is 15.2 Å². The summed E-state index contributed by atoms with van der Waals surface area (Å²) in [7, 11) is -1.48. The minimum Gasteiger partial charge on any atom is -0.850 e. The average molecular weight is 2340 g/mol. The zero-order valence-corrected chi connectivity index (χ0v) is 88.7. The van der Waals surface area contributed by atoms with E-state index in [0.717, 1.165) is 99.2 Å². The first-order chi connectivity index (χ1) is 63.5. The number of nitrogens with zero attached hydrogens (tertiary/aromatic N) is 4. The number of hydrogen-bond donors (Lipinski definition) is 2. The summed E-state index contributed by atoms with van der Waals surface area (Å²) in [6.45, 7) is 6.90. The largest absolute Gasteiger partial charge is 1.00 e. The normalized spacial score (nSPS) is 11.5. The maximum absolute atomic E-state index is 10.1. The molecule has 2 N–H and O–H groups in total. The second-order valence-corrected chi connectivity index (χ2v) is 37.5. The summed E-state index contributed by atoms with van der Waals surface area (Å²) >= 11 is 16.5. The SMILES string of the molecule is Brc1ccc(-c2c3ccccc3c(Br)c3ccccc23)cc1.Brc1ccc(I)cc1.C1CCOC1.CC(C)(C)[O-].I.I.OB(O)c1c2ccccc2c(Br)c2ccccc12.[2HH].[Na+].c1ccc(N(c2ccc(-c3c4ccccc4c(N(c4ccccc4)c4ccc5c(c4)c4ccccc4n5-c4ccccc4)c4ccccc34)cc2)c2ccc3c(c2)c2ccccc2n3-c2ccccc2)cc1. The molecule has 0 spiro atoms. The van der Waals surface area contributed by atoms with E-state index in [1.165, 1.54) is 124 Å². The molecule has 23 rings (SSSR count). The fourth-order valence-electron chi connectivity index (χ4n) is 17.7. The molecular weight excluding hydrogens is 2250 g/mol. The summed E-state index contributed by atoms with van der Waals surface area (Å²) in [6, 6.07) is 151. The van der Waals surface area contributed by atoms with Gasteiger partial charge in [0.2, 0.25) is 0 Å². The Morgan fingerprint density at radius 3 is 0.947 bits per heavy atom. The molecule has 0 radical (unpaired) electrons. The standard InChI is InChI=1S/C68H46N4.C20H12Br2.C14H10BBrO2.C6H4BrI.C4H8O.C4H9O.2HI.Na.H2/c1-5-21-48(22-6-1)69(53-41-43-65-61(45-53)55-29-17-19-35-63(55)71(65)50-25-9-3-10-26-50)52-39-37-47(38-40-52)67-57-31-13-15-33-59(57)68(60-34-16-14-32-58(60)67)70(49-23-7-2-8-24-49)54-42-44-66-62(46-54)56-30-18-20-36-64(56)72(66)51-27-11-4-12-28-51;21-14-11-9-13(10-12-14)19-15-5-1-3-7-17(15)20(22)18-8-4-2-6-16(18)19;16-14-11-7-3-1-5-9(11)13(15(17)18)10-6-2-4-8-12(10)14;7-5-1-3-6(8)4-2-5;1-2-4-5-3-1;1-4(2,3)5;;;;/h1-46H;1-12H;1-8,17-18H;1-4H;1-4H2;1-3H3;2*1H;;1H/q;;;;;-1;;;+1;/i;;;;;;;;;1+1. The van der Waals surface area contributed by atoms with Crippen molar-refractivity contribution >= 4 is 289 Å². The first-order valence-electron chi connectivity index (χ1n) is 43.4. The molecule has 654 valence electrons. The molecule has 2 aromatic heterocycles. The average Bonchev–Trinajstić information content (AvgIpc) is 1.06. The maximum atomic E-state index is 10.1. The molecule has 0 atom stereocenters. The Hall–Kier alpha value is -9.83. The molecule has 3 heterocycles. The van der Waals surface area contributed by atoms with Crippen molar-refractivity contribution in [2.24, 2.45) is 0 Å².